The predicted octanol–water partition coefficient (Wildman–Crippen LogP) is 5.51. The van der Waals surface area contributed by atoms with Gasteiger partial charge in [0.2, 0.25) is 0 Å². The Morgan fingerprint density at radius 3 is 2.61 bits per heavy atom. The molecule has 6 nitrogen and oxygen atoms in total. The van der Waals surface area contributed by atoms with Crippen LogP contribution in [0.1, 0.15) is 36.8 Å². The zero-order chi connectivity index (χ0) is 23.1. The Morgan fingerprint density at radius 1 is 1.09 bits per heavy atom. The molecule has 8 heteroatoms. The number of halogens is 2. The number of benzene rings is 2. The number of nitrogens with one attached hydrogen (secondary N) is 1. The predicted molar refractivity (Wildman–Crippen MR) is 131 cm³/mol. The largest absolute Gasteiger partial charge is 0.342 e. The Morgan fingerprint density at radius 2 is 1.85 bits per heavy atom. The Balaban J connectivity index is 1.58. The normalized spacial score (nSPS) is 18.5. The fraction of sp³-hybridized carbons (Fsp3) is 0.240. The summed E-state index contributed by atoms with van der Waals surface area (Å²) in [4.78, 5) is 39.5. The molecule has 3 aromatic rings. The van der Waals surface area contributed by atoms with Gasteiger partial charge in [0, 0.05) is 44.7 Å². The van der Waals surface area contributed by atoms with Gasteiger partial charge in [-0.3, -0.25) is 19.8 Å². The molecule has 5 rings (SSSR count). The zero-order valence-electron chi connectivity index (χ0n) is 17.7. The molecule has 4 amide bonds. The molecule has 2 aliphatic rings. The van der Waals surface area contributed by atoms with Crippen LogP contribution in [0.2, 0.25) is 5.02 Å². The van der Waals surface area contributed by atoms with E-state index in [1.54, 1.807) is 6.08 Å². The second-order valence-electron chi connectivity index (χ2n) is 8.40. The van der Waals surface area contributed by atoms with Crippen LogP contribution in [0.15, 0.2) is 58.7 Å². The number of fused-ring (bicyclic) bond motifs is 1. The van der Waals surface area contributed by atoms with E-state index in [9.17, 15) is 14.4 Å². The first-order chi connectivity index (χ1) is 15.9. The Bertz CT molecular complexity index is 1320. The third-order valence-electron chi connectivity index (χ3n) is 6.30. The third kappa shape index (κ3) is 4.11. The van der Waals surface area contributed by atoms with E-state index < -0.39 is 17.8 Å². The van der Waals surface area contributed by atoms with E-state index in [2.05, 4.69) is 21.2 Å². The zero-order valence-corrected chi connectivity index (χ0v) is 20.0. The summed E-state index contributed by atoms with van der Waals surface area (Å²) in [6.45, 7) is 0.536. The molecule has 33 heavy (non-hydrogen) atoms. The van der Waals surface area contributed by atoms with Crippen LogP contribution < -0.4 is 5.32 Å². The minimum atomic E-state index is -0.666. The van der Waals surface area contributed by atoms with Gasteiger partial charge in [0.15, 0.2) is 0 Å². The van der Waals surface area contributed by atoms with Gasteiger partial charge in [0.05, 0.1) is 0 Å². The highest BCUT2D eigenvalue weighted by atomic mass is 79.9. The molecular formula is C25H21BrClN3O3. The van der Waals surface area contributed by atoms with Gasteiger partial charge >= 0.3 is 6.03 Å². The highest BCUT2D eigenvalue weighted by Crippen LogP contribution is 2.31. The molecule has 1 aromatic heterocycles. The summed E-state index contributed by atoms with van der Waals surface area (Å²) >= 11 is 9.89. The molecule has 2 heterocycles. The van der Waals surface area contributed by atoms with Crippen molar-refractivity contribution in [3.63, 3.8) is 0 Å². The number of rotatable bonds is 4. The van der Waals surface area contributed by atoms with E-state index in [4.69, 9.17) is 11.6 Å². The lowest BCUT2D eigenvalue weighted by molar-refractivity contribution is -0.131. The van der Waals surface area contributed by atoms with Gasteiger partial charge in [-0.2, -0.15) is 0 Å². The number of hydrogen-bond acceptors (Lipinski definition) is 3. The Kier molecular flexibility index (Phi) is 5.85. The summed E-state index contributed by atoms with van der Waals surface area (Å²) in [7, 11) is 0. The molecule has 0 spiro atoms. The summed E-state index contributed by atoms with van der Waals surface area (Å²) in [5.74, 6) is -1.20. The summed E-state index contributed by atoms with van der Waals surface area (Å²) in [6, 6.07) is 12.7. The lowest BCUT2D eigenvalue weighted by Gasteiger charge is -2.31. The van der Waals surface area contributed by atoms with Crippen molar-refractivity contribution in [3.05, 3.63) is 74.9 Å². The van der Waals surface area contributed by atoms with Gasteiger partial charge < -0.3 is 4.57 Å². The van der Waals surface area contributed by atoms with Crippen molar-refractivity contribution in [2.75, 3.05) is 0 Å². The smallest absolute Gasteiger partial charge is 0.331 e. The van der Waals surface area contributed by atoms with Gasteiger partial charge in [0.25, 0.3) is 11.8 Å². The number of amides is 4. The monoisotopic (exact) mass is 525 g/mol. The molecule has 2 aromatic carbocycles. The van der Waals surface area contributed by atoms with Gasteiger partial charge in [0.1, 0.15) is 5.57 Å². The Hall–Kier alpha value is -2.90. The summed E-state index contributed by atoms with van der Waals surface area (Å²) in [5, 5.41) is 3.90. The molecule has 1 saturated heterocycles. The summed E-state index contributed by atoms with van der Waals surface area (Å²) < 4.78 is 2.92. The maximum absolute atomic E-state index is 13.2. The quantitative estimate of drug-likeness (QED) is 0.360. The molecule has 0 atom stereocenters. The molecule has 2 fully saturated rings. The van der Waals surface area contributed by atoms with Crippen LogP contribution in [0.4, 0.5) is 4.79 Å². The average molecular weight is 527 g/mol. The molecule has 168 valence electrons. The molecule has 1 saturated carbocycles. The van der Waals surface area contributed by atoms with Crippen molar-refractivity contribution < 1.29 is 14.4 Å². The van der Waals surface area contributed by atoms with E-state index in [1.165, 1.54) is 4.90 Å². The molecule has 1 N–H and O–H groups in total. The van der Waals surface area contributed by atoms with Gasteiger partial charge in [-0.15, -0.1) is 0 Å². The first kappa shape index (κ1) is 21.9. The van der Waals surface area contributed by atoms with Crippen LogP contribution in [0.25, 0.3) is 17.0 Å². The number of nitrogens with zero attached hydrogens (tertiary/aromatic N) is 2. The van der Waals surface area contributed by atoms with Crippen LogP contribution in [-0.4, -0.2) is 33.4 Å². The maximum atomic E-state index is 13.2. The van der Waals surface area contributed by atoms with E-state index in [-0.39, 0.29) is 11.6 Å². The van der Waals surface area contributed by atoms with E-state index in [0.29, 0.717) is 11.6 Å². The van der Waals surface area contributed by atoms with Crippen molar-refractivity contribution in [2.24, 2.45) is 0 Å². The molecule has 0 bridgehead atoms. The number of aromatic nitrogens is 1. The average Bonchev–Trinajstić information content (AvgIpc) is 3.41. The first-order valence-electron chi connectivity index (χ1n) is 10.8. The minimum absolute atomic E-state index is 0.0294. The lowest BCUT2D eigenvalue weighted by atomic mass is 10.0. The maximum Gasteiger partial charge on any atom is 0.331 e. The van der Waals surface area contributed by atoms with Crippen LogP contribution >= 0.6 is 27.5 Å². The second-order valence-corrected chi connectivity index (χ2v) is 9.72. The van der Waals surface area contributed by atoms with Gasteiger partial charge in [-0.25, -0.2) is 4.79 Å². The van der Waals surface area contributed by atoms with Crippen molar-refractivity contribution in [1.29, 1.82) is 0 Å². The number of urea groups is 1. The first-order valence-corrected chi connectivity index (χ1v) is 12.0. The van der Waals surface area contributed by atoms with Crippen LogP contribution in [0, 0.1) is 0 Å². The van der Waals surface area contributed by atoms with E-state index in [1.807, 2.05) is 53.2 Å². The highest BCUT2D eigenvalue weighted by molar-refractivity contribution is 9.10. The van der Waals surface area contributed by atoms with Crippen molar-refractivity contribution >= 4 is 62.4 Å². The topological polar surface area (TPSA) is 71.4 Å². The van der Waals surface area contributed by atoms with Crippen molar-refractivity contribution in [1.82, 2.24) is 14.8 Å². The lowest BCUT2D eigenvalue weighted by Crippen LogP contribution is -2.57. The summed E-state index contributed by atoms with van der Waals surface area (Å²) in [6.07, 6.45) is 6.97. The second kappa shape index (κ2) is 8.80. The number of barbiturate groups is 1. The van der Waals surface area contributed by atoms with Crippen LogP contribution in [0.3, 0.4) is 0 Å². The number of carbonyl (C=O) groups is 3. The molecular weight excluding hydrogens is 506 g/mol. The number of hydrogen-bond donors (Lipinski definition) is 1. The van der Waals surface area contributed by atoms with Crippen LogP contribution in [-0.2, 0) is 16.1 Å². The van der Waals surface area contributed by atoms with Crippen molar-refractivity contribution in [3.8, 4) is 0 Å². The highest BCUT2D eigenvalue weighted by Gasteiger charge is 2.40. The molecule has 1 aliphatic carbocycles. The SMILES string of the molecule is O=C1NC(=O)N(C2CCCC2)C(=O)/C1=C\c1cn(Cc2ccccc2Cl)c2ccc(Br)cc12. The standard InChI is InChI=1S/C25H21BrClN3O3/c26-17-9-10-22-19(12-17)16(14-29(22)13-15-5-1-4-8-21(15)27)11-20-23(31)28-25(33)30(24(20)32)18-6-2-3-7-18/h1,4-5,8-12,14,18H,2-3,6-7,13H2,(H,28,31,33)/b20-11-. The third-order valence-corrected chi connectivity index (χ3v) is 7.16. The minimum Gasteiger partial charge on any atom is -0.342 e. The fourth-order valence-electron chi connectivity index (χ4n) is 4.67. The number of imide groups is 2. The summed E-state index contributed by atoms with van der Waals surface area (Å²) in [5.41, 5.74) is 2.59. The molecule has 0 radical (unpaired) electrons. The van der Waals surface area contributed by atoms with E-state index >= 15 is 0 Å². The van der Waals surface area contributed by atoms with Gasteiger partial charge in [-0.05, 0) is 48.7 Å². The Labute approximate surface area is 204 Å². The molecule has 0 unspecified atom stereocenters. The molecule has 1 aliphatic heterocycles. The fourth-order valence-corrected chi connectivity index (χ4v) is 5.23. The number of carbonyl (C=O) groups excluding carboxylic acids is 3. The van der Waals surface area contributed by atoms with Crippen LogP contribution in [0.5, 0.6) is 0 Å². The van der Waals surface area contributed by atoms with Gasteiger partial charge in [-0.1, -0.05) is 58.6 Å². The van der Waals surface area contributed by atoms with E-state index in [0.717, 1.165) is 52.2 Å². The van der Waals surface area contributed by atoms with Crippen molar-refractivity contribution in [2.45, 2.75) is 38.3 Å².